The number of likely N-dealkylation sites (tertiary alicyclic amines) is 1. The molecule has 2 aromatic rings. The first kappa shape index (κ1) is 34.5. The Morgan fingerprint density at radius 2 is 1.76 bits per heavy atom. The Morgan fingerprint density at radius 3 is 2.44 bits per heavy atom. The Balaban J connectivity index is 0.00000588. The second kappa shape index (κ2) is 16.7. The van der Waals surface area contributed by atoms with Crippen LogP contribution in [0.4, 0.5) is 0 Å². The topological polar surface area (TPSA) is 99.8 Å². The fraction of sp³-hybridized carbons (Fsp3) is 0.594. The van der Waals surface area contributed by atoms with Crippen molar-refractivity contribution in [3.05, 3.63) is 48.0 Å². The number of methoxy groups -OCH3 is 1. The standard InChI is InChI=1S/C32H48N4O4.ClH/c1-6-23(7-2)22-33-17-11-18-34-29(37)27(21-24-15-16-25-12-8-9-13-26(25)20-24)35-30(38)28-14-10-19-36(28)31(39)32(3,4)40-5;/h8-9,12-13,15-16,20,23,27-28,33H,6-7,10-11,14,17-19,21-22H2,1-5H3,(H,34,37)(H,35,38);1H/t27-,28+;/m1./s1. The number of hydrogen-bond donors (Lipinski definition) is 3. The fourth-order valence-electron chi connectivity index (χ4n) is 5.23. The van der Waals surface area contributed by atoms with Crippen LogP contribution in [-0.2, 0) is 25.5 Å². The quantitative estimate of drug-likeness (QED) is 0.270. The number of hydrogen-bond acceptors (Lipinski definition) is 5. The second-order valence-corrected chi connectivity index (χ2v) is 11.3. The summed E-state index contributed by atoms with van der Waals surface area (Å²) < 4.78 is 5.38. The number of nitrogens with one attached hydrogen (secondary N) is 3. The summed E-state index contributed by atoms with van der Waals surface area (Å²) in [5, 5.41) is 11.7. The van der Waals surface area contributed by atoms with Gasteiger partial charge in [0.2, 0.25) is 11.8 Å². The van der Waals surface area contributed by atoms with E-state index in [-0.39, 0.29) is 30.1 Å². The maximum absolute atomic E-state index is 13.5. The van der Waals surface area contributed by atoms with Gasteiger partial charge in [-0.3, -0.25) is 14.4 Å². The molecule has 228 valence electrons. The lowest BCUT2D eigenvalue weighted by atomic mass is 10.0. The van der Waals surface area contributed by atoms with Crippen LogP contribution in [0, 0.1) is 5.92 Å². The number of fused-ring (bicyclic) bond motifs is 1. The molecule has 0 bridgehead atoms. The van der Waals surface area contributed by atoms with Crippen molar-refractivity contribution in [2.75, 3.05) is 33.3 Å². The molecule has 41 heavy (non-hydrogen) atoms. The number of carbonyl (C=O) groups excluding carboxylic acids is 3. The Bertz CT molecular complexity index is 1140. The number of rotatable bonds is 15. The molecule has 1 saturated heterocycles. The van der Waals surface area contributed by atoms with E-state index in [4.69, 9.17) is 4.74 Å². The molecule has 8 nitrogen and oxygen atoms in total. The average molecular weight is 589 g/mol. The minimum atomic E-state index is -1.02. The lowest BCUT2D eigenvalue weighted by Gasteiger charge is -2.32. The van der Waals surface area contributed by atoms with E-state index in [9.17, 15) is 14.4 Å². The summed E-state index contributed by atoms with van der Waals surface area (Å²) in [6.07, 6.45) is 4.77. The molecular weight excluding hydrogens is 540 g/mol. The monoisotopic (exact) mass is 588 g/mol. The molecule has 3 amide bonds. The third kappa shape index (κ3) is 9.69. The van der Waals surface area contributed by atoms with Gasteiger partial charge >= 0.3 is 0 Å². The molecule has 3 N–H and O–H groups in total. The molecule has 2 atom stereocenters. The Labute approximate surface area is 251 Å². The highest BCUT2D eigenvalue weighted by Gasteiger charge is 2.41. The van der Waals surface area contributed by atoms with Crippen LogP contribution >= 0.6 is 12.4 Å². The van der Waals surface area contributed by atoms with E-state index in [2.05, 4.69) is 41.9 Å². The number of ether oxygens (including phenoxy) is 1. The van der Waals surface area contributed by atoms with Crippen molar-refractivity contribution >= 4 is 40.9 Å². The first-order valence-corrected chi connectivity index (χ1v) is 14.8. The maximum atomic E-state index is 13.5. The van der Waals surface area contributed by atoms with Crippen molar-refractivity contribution in [2.45, 2.75) is 83.9 Å². The fourth-order valence-corrected chi connectivity index (χ4v) is 5.23. The SMILES string of the molecule is CCC(CC)CNCCCNC(=O)[C@@H](Cc1ccc2ccccc2c1)NC(=O)[C@@H]1CCCN1C(=O)C(C)(C)OC.Cl. The zero-order valence-corrected chi connectivity index (χ0v) is 26.1. The summed E-state index contributed by atoms with van der Waals surface area (Å²) in [5.74, 6) is -0.0585. The maximum Gasteiger partial charge on any atom is 0.254 e. The molecule has 1 heterocycles. The molecule has 0 unspecified atom stereocenters. The molecule has 0 aliphatic carbocycles. The summed E-state index contributed by atoms with van der Waals surface area (Å²) in [4.78, 5) is 41.5. The van der Waals surface area contributed by atoms with Crippen LogP contribution in [0.25, 0.3) is 10.8 Å². The molecule has 0 radical (unpaired) electrons. The van der Waals surface area contributed by atoms with Gasteiger partial charge in [0, 0.05) is 26.6 Å². The number of amides is 3. The summed E-state index contributed by atoms with van der Waals surface area (Å²) in [7, 11) is 1.49. The Hall–Kier alpha value is -2.68. The molecule has 9 heteroatoms. The molecule has 0 saturated carbocycles. The van der Waals surface area contributed by atoms with Crippen LogP contribution in [0.15, 0.2) is 42.5 Å². The first-order chi connectivity index (χ1) is 19.2. The Morgan fingerprint density at radius 1 is 1.05 bits per heavy atom. The van der Waals surface area contributed by atoms with Gasteiger partial charge in [-0.05, 0) is 68.5 Å². The second-order valence-electron chi connectivity index (χ2n) is 11.3. The first-order valence-electron chi connectivity index (χ1n) is 14.8. The van der Waals surface area contributed by atoms with E-state index in [0.29, 0.717) is 31.8 Å². The number of halogens is 1. The smallest absolute Gasteiger partial charge is 0.254 e. The van der Waals surface area contributed by atoms with Gasteiger partial charge in [0.1, 0.15) is 17.7 Å². The van der Waals surface area contributed by atoms with Crippen molar-refractivity contribution in [1.29, 1.82) is 0 Å². The molecule has 1 aliphatic heterocycles. The molecule has 0 aromatic heterocycles. The highest BCUT2D eigenvalue weighted by molar-refractivity contribution is 5.94. The van der Waals surface area contributed by atoms with Crippen LogP contribution in [0.5, 0.6) is 0 Å². The third-order valence-electron chi connectivity index (χ3n) is 8.15. The van der Waals surface area contributed by atoms with Crippen molar-refractivity contribution in [3.8, 4) is 0 Å². The van der Waals surface area contributed by atoms with Crippen molar-refractivity contribution < 1.29 is 19.1 Å². The predicted molar refractivity (Wildman–Crippen MR) is 167 cm³/mol. The van der Waals surface area contributed by atoms with Crippen LogP contribution in [0.3, 0.4) is 0 Å². The van der Waals surface area contributed by atoms with Crippen molar-refractivity contribution in [3.63, 3.8) is 0 Å². The van der Waals surface area contributed by atoms with Gasteiger partial charge in [-0.15, -0.1) is 12.4 Å². The largest absolute Gasteiger partial charge is 0.369 e. The average Bonchev–Trinajstić information content (AvgIpc) is 3.46. The van der Waals surface area contributed by atoms with E-state index in [1.807, 2.05) is 30.3 Å². The third-order valence-corrected chi connectivity index (χ3v) is 8.15. The van der Waals surface area contributed by atoms with Crippen molar-refractivity contribution in [1.82, 2.24) is 20.9 Å². The van der Waals surface area contributed by atoms with E-state index < -0.39 is 17.7 Å². The molecule has 0 spiro atoms. The van der Waals surface area contributed by atoms with E-state index >= 15 is 0 Å². The van der Waals surface area contributed by atoms with Crippen LogP contribution in [0.2, 0.25) is 0 Å². The summed E-state index contributed by atoms with van der Waals surface area (Å²) in [5.41, 5.74) is -0.0570. The zero-order chi connectivity index (χ0) is 29.1. The Kier molecular flexibility index (Phi) is 14.0. The van der Waals surface area contributed by atoms with Gasteiger partial charge in [-0.1, -0.05) is 69.2 Å². The van der Waals surface area contributed by atoms with Crippen LogP contribution < -0.4 is 16.0 Å². The molecule has 1 fully saturated rings. The number of carbonyl (C=O) groups is 3. The highest BCUT2D eigenvalue weighted by atomic mass is 35.5. The predicted octanol–water partition coefficient (Wildman–Crippen LogP) is 4.24. The van der Waals surface area contributed by atoms with Gasteiger partial charge in [-0.25, -0.2) is 0 Å². The summed E-state index contributed by atoms with van der Waals surface area (Å²) >= 11 is 0. The summed E-state index contributed by atoms with van der Waals surface area (Å²) in [6.45, 7) is 10.7. The van der Waals surface area contributed by atoms with Gasteiger partial charge in [0.05, 0.1) is 0 Å². The number of benzene rings is 2. The number of nitrogens with zero attached hydrogens (tertiary/aromatic N) is 1. The molecular formula is C32H49ClN4O4. The van der Waals surface area contributed by atoms with Gasteiger partial charge in [0.15, 0.2) is 0 Å². The van der Waals surface area contributed by atoms with Gasteiger partial charge in [0.25, 0.3) is 5.91 Å². The van der Waals surface area contributed by atoms with Gasteiger partial charge in [-0.2, -0.15) is 0 Å². The van der Waals surface area contributed by atoms with Crippen LogP contribution in [-0.4, -0.2) is 73.6 Å². The zero-order valence-electron chi connectivity index (χ0n) is 25.3. The minimum absolute atomic E-state index is 0. The minimum Gasteiger partial charge on any atom is -0.369 e. The lowest BCUT2D eigenvalue weighted by molar-refractivity contribution is -0.154. The molecule has 3 rings (SSSR count). The van der Waals surface area contributed by atoms with E-state index in [1.165, 1.54) is 7.11 Å². The summed E-state index contributed by atoms with van der Waals surface area (Å²) in [6, 6.07) is 12.8. The lowest BCUT2D eigenvalue weighted by Crippen LogP contribution is -2.56. The van der Waals surface area contributed by atoms with Crippen molar-refractivity contribution in [2.24, 2.45) is 5.92 Å². The van der Waals surface area contributed by atoms with Crippen LogP contribution in [0.1, 0.15) is 65.4 Å². The molecule has 2 aromatic carbocycles. The van der Waals surface area contributed by atoms with E-state index in [1.54, 1.807) is 18.7 Å². The van der Waals surface area contributed by atoms with Gasteiger partial charge < -0.3 is 25.6 Å². The normalized spacial score (nSPS) is 16.0. The highest BCUT2D eigenvalue weighted by Crippen LogP contribution is 2.24. The molecule has 1 aliphatic rings. The van der Waals surface area contributed by atoms with E-state index in [0.717, 1.165) is 55.1 Å².